The molecule has 132 valence electrons. The van der Waals surface area contributed by atoms with Gasteiger partial charge in [-0.05, 0) is 43.9 Å². The lowest BCUT2D eigenvalue weighted by atomic mass is 9.51. The van der Waals surface area contributed by atoms with Crippen LogP contribution in [0.2, 0.25) is 0 Å². The molecular formula is C20H25N3O2. The van der Waals surface area contributed by atoms with Crippen LogP contribution in [0.15, 0.2) is 43.0 Å². The van der Waals surface area contributed by atoms with Crippen molar-refractivity contribution in [1.82, 2.24) is 14.9 Å². The summed E-state index contributed by atoms with van der Waals surface area (Å²) in [5.74, 6) is 0.0282. The number of amides is 1. The van der Waals surface area contributed by atoms with Gasteiger partial charge in [0.2, 0.25) is 0 Å². The average molecular weight is 339 g/mol. The number of nitrogens with zero attached hydrogens (tertiary/aromatic N) is 2. The van der Waals surface area contributed by atoms with Crippen LogP contribution >= 0.6 is 0 Å². The summed E-state index contributed by atoms with van der Waals surface area (Å²) in [4.78, 5) is 16.6. The van der Waals surface area contributed by atoms with Gasteiger partial charge in [-0.25, -0.2) is 4.98 Å². The predicted octanol–water partition coefficient (Wildman–Crippen LogP) is 3.01. The van der Waals surface area contributed by atoms with Crippen molar-refractivity contribution >= 4 is 5.91 Å². The number of ether oxygens (including phenoxy) is 1. The fourth-order valence-electron chi connectivity index (χ4n) is 4.23. The minimum Gasteiger partial charge on any atom is -0.378 e. The number of rotatable bonds is 6. The largest absolute Gasteiger partial charge is 0.378 e. The molecule has 2 saturated carbocycles. The molecule has 2 fully saturated rings. The molecule has 2 atom stereocenters. The lowest BCUT2D eigenvalue weighted by Gasteiger charge is -2.61. The van der Waals surface area contributed by atoms with E-state index < -0.39 is 0 Å². The molecule has 0 radical (unpaired) electrons. The second-order valence-electron chi connectivity index (χ2n) is 7.22. The van der Waals surface area contributed by atoms with E-state index in [9.17, 15) is 4.79 Å². The molecule has 0 bridgehead atoms. The van der Waals surface area contributed by atoms with Crippen LogP contribution in [-0.4, -0.2) is 34.2 Å². The van der Waals surface area contributed by atoms with Crippen LogP contribution in [0.3, 0.4) is 0 Å². The quantitative estimate of drug-likeness (QED) is 0.880. The van der Waals surface area contributed by atoms with E-state index in [1.807, 2.05) is 42.0 Å². The maximum atomic E-state index is 12.6. The molecule has 1 heterocycles. The summed E-state index contributed by atoms with van der Waals surface area (Å²) in [7, 11) is 0. The highest BCUT2D eigenvalue weighted by atomic mass is 16.5. The minimum atomic E-state index is 0.0282. The zero-order valence-electron chi connectivity index (χ0n) is 14.6. The van der Waals surface area contributed by atoms with Gasteiger partial charge < -0.3 is 14.6 Å². The van der Waals surface area contributed by atoms with Gasteiger partial charge in [-0.15, -0.1) is 0 Å². The minimum absolute atomic E-state index is 0.0282. The molecule has 4 rings (SSSR count). The van der Waals surface area contributed by atoms with Crippen molar-refractivity contribution in [2.45, 2.75) is 51.3 Å². The number of aromatic nitrogens is 2. The van der Waals surface area contributed by atoms with Crippen LogP contribution in [0.4, 0.5) is 0 Å². The predicted molar refractivity (Wildman–Crippen MR) is 95.3 cm³/mol. The standard InChI is InChI=1S/C20H25N3O2/c1-2-25-18-12-17(20(18)8-3-9-20)22-19(24)16-6-4-15(5-7-16)13-23-11-10-21-14-23/h4-7,10-11,14,17-18H,2-3,8-9,12-13H2,1H3,(H,22,24)/t17-,18-/m0/s1. The molecule has 2 aliphatic rings. The first-order chi connectivity index (χ1) is 12.2. The zero-order chi connectivity index (χ0) is 17.3. The summed E-state index contributed by atoms with van der Waals surface area (Å²) >= 11 is 0. The molecule has 1 aromatic heterocycles. The molecule has 1 aromatic carbocycles. The number of nitrogens with one attached hydrogen (secondary N) is 1. The summed E-state index contributed by atoms with van der Waals surface area (Å²) in [6.45, 7) is 3.57. The van der Waals surface area contributed by atoms with Crippen molar-refractivity contribution in [1.29, 1.82) is 0 Å². The second-order valence-corrected chi connectivity index (χ2v) is 7.22. The third-order valence-corrected chi connectivity index (χ3v) is 5.88. The van der Waals surface area contributed by atoms with Crippen LogP contribution in [0.5, 0.6) is 0 Å². The maximum Gasteiger partial charge on any atom is 0.251 e. The number of imidazole rings is 1. The van der Waals surface area contributed by atoms with Gasteiger partial charge in [0.15, 0.2) is 0 Å². The van der Waals surface area contributed by atoms with Crippen molar-refractivity contribution < 1.29 is 9.53 Å². The zero-order valence-corrected chi connectivity index (χ0v) is 14.6. The fourth-order valence-corrected chi connectivity index (χ4v) is 4.23. The Labute approximate surface area is 148 Å². The van der Waals surface area contributed by atoms with Gasteiger partial charge >= 0.3 is 0 Å². The van der Waals surface area contributed by atoms with Gasteiger partial charge in [0, 0.05) is 42.6 Å². The number of carbonyl (C=O) groups excluding carboxylic acids is 1. The lowest BCUT2D eigenvalue weighted by Crippen LogP contribution is -2.67. The number of carbonyl (C=O) groups is 1. The highest BCUT2D eigenvalue weighted by Gasteiger charge is 2.59. The lowest BCUT2D eigenvalue weighted by molar-refractivity contribution is -0.169. The van der Waals surface area contributed by atoms with Crippen LogP contribution in [0.25, 0.3) is 0 Å². The molecule has 25 heavy (non-hydrogen) atoms. The molecule has 0 saturated heterocycles. The van der Waals surface area contributed by atoms with Crippen molar-refractivity contribution in [2.24, 2.45) is 5.41 Å². The normalized spacial score (nSPS) is 23.7. The van der Waals surface area contributed by atoms with Crippen LogP contribution < -0.4 is 5.32 Å². The third kappa shape index (κ3) is 2.97. The van der Waals surface area contributed by atoms with Crippen molar-refractivity contribution in [2.75, 3.05) is 6.61 Å². The van der Waals surface area contributed by atoms with Crippen LogP contribution in [0.1, 0.15) is 48.5 Å². The third-order valence-electron chi connectivity index (χ3n) is 5.88. The Balaban J connectivity index is 1.37. The maximum absolute atomic E-state index is 12.6. The topological polar surface area (TPSA) is 56.1 Å². The van der Waals surface area contributed by atoms with Crippen molar-refractivity contribution in [3.63, 3.8) is 0 Å². The Kier molecular flexibility index (Phi) is 4.34. The number of benzene rings is 1. The smallest absolute Gasteiger partial charge is 0.251 e. The molecule has 1 spiro atoms. The van der Waals surface area contributed by atoms with Gasteiger partial charge in [-0.1, -0.05) is 18.6 Å². The molecule has 0 aliphatic heterocycles. The summed E-state index contributed by atoms with van der Waals surface area (Å²) in [5.41, 5.74) is 2.08. The Morgan fingerprint density at radius 1 is 1.36 bits per heavy atom. The van der Waals surface area contributed by atoms with E-state index >= 15 is 0 Å². The molecule has 1 amide bonds. The second kappa shape index (κ2) is 6.64. The monoisotopic (exact) mass is 339 g/mol. The first-order valence-corrected chi connectivity index (χ1v) is 9.18. The molecule has 5 nitrogen and oxygen atoms in total. The summed E-state index contributed by atoms with van der Waals surface area (Å²) < 4.78 is 7.87. The molecule has 5 heteroatoms. The van der Waals surface area contributed by atoms with E-state index in [0.717, 1.165) is 30.7 Å². The van der Waals surface area contributed by atoms with Gasteiger partial charge in [0.05, 0.1) is 12.4 Å². The van der Waals surface area contributed by atoms with E-state index in [0.29, 0.717) is 6.10 Å². The Morgan fingerprint density at radius 3 is 2.76 bits per heavy atom. The Hall–Kier alpha value is -2.14. The van der Waals surface area contributed by atoms with Gasteiger partial charge in [0.1, 0.15) is 0 Å². The number of hydrogen-bond acceptors (Lipinski definition) is 3. The van der Waals surface area contributed by atoms with Crippen LogP contribution in [0, 0.1) is 5.41 Å². The highest BCUT2D eigenvalue weighted by molar-refractivity contribution is 5.94. The first kappa shape index (κ1) is 16.3. The van der Waals surface area contributed by atoms with E-state index in [1.165, 1.54) is 19.3 Å². The highest BCUT2D eigenvalue weighted by Crippen LogP contribution is 2.57. The van der Waals surface area contributed by atoms with Crippen LogP contribution in [-0.2, 0) is 11.3 Å². The number of hydrogen-bond donors (Lipinski definition) is 1. The molecule has 2 aliphatic carbocycles. The first-order valence-electron chi connectivity index (χ1n) is 9.18. The van der Waals surface area contributed by atoms with E-state index in [2.05, 4.69) is 10.3 Å². The molecule has 0 unspecified atom stereocenters. The fraction of sp³-hybridized carbons (Fsp3) is 0.500. The molecule has 1 N–H and O–H groups in total. The summed E-state index contributed by atoms with van der Waals surface area (Å²) in [6.07, 6.45) is 10.4. The van der Waals surface area contributed by atoms with Crippen molar-refractivity contribution in [3.8, 4) is 0 Å². The van der Waals surface area contributed by atoms with E-state index in [-0.39, 0.29) is 17.4 Å². The average Bonchev–Trinajstić information content (AvgIpc) is 3.06. The Bertz CT molecular complexity index is 720. The van der Waals surface area contributed by atoms with E-state index in [1.54, 1.807) is 12.5 Å². The molecule has 2 aromatic rings. The van der Waals surface area contributed by atoms with E-state index in [4.69, 9.17) is 4.74 Å². The SMILES string of the molecule is CCO[C@H]1C[C@H](NC(=O)c2ccc(Cn3ccnc3)cc2)C12CCC2. The van der Waals surface area contributed by atoms with Crippen molar-refractivity contribution in [3.05, 3.63) is 54.1 Å². The van der Waals surface area contributed by atoms with Gasteiger partial charge in [0.25, 0.3) is 5.91 Å². The van der Waals surface area contributed by atoms with Gasteiger partial charge in [-0.3, -0.25) is 4.79 Å². The van der Waals surface area contributed by atoms with Gasteiger partial charge in [-0.2, -0.15) is 0 Å². The summed E-state index contributed by atoms with van der Waals surface area (Å²) in [5, 5.41) is 3.24. The Morgan fingerprint density at radius 2 is 2.16 bits per heavy atom. The molecular weight excluding hydrogens is 314 g/mol. The summed E-state index contributed by atoms with van der Waals surface area (Å²) in [6, 6.07) is 8.10.